The first-order valence-electron chi connectivity index (χ1n) is 6.38. The number of halogens is 2. The van der Waals surface area contributed by atoms with E-state index >= 15 is 0 Å². The van der Waals surface area contributed by atoms with Gasteiger partial charge in [0.2, 0.25) is 0 Å². The quantitative estimate of drug-likeness (QED) is 0.931. The fourth-order valence-electron chi connectivity index (χ4n) is 1.99. The van der Waals surface area contributed by atoms with Crippen LogP contribution in [-0.2, 0) is 10.0 Å². The summed E-state index contributed by atoms with van der Waals surface area (Å²) in [4.78, 5) is -0.581. The van der Waals surface area contributed by atoms with E-state index in [-0.39, 0.29) is 5.92 Å². The van der Waals surface area contributed by atoms with Crippen LogP contribution in [0.5, 0.6) is 0 Å². The monoisotopic (exact) mass is 311 g/mol. The first-order chi connectivity index (χ1) is 9.81. The van der Waals surface area contributed by atoms with Crippen molar-refractivity contribution in [2.75, 3.05) is 4.72 Å². The van der Waals surface area contributed by atoms with Crippen LogP contribution in [0, 0.1) is 11.6 Å². The van der Waals surface area contributed by atoms with Gasteiger partial charge in [0.1, 0.15) is 16.5 Å². The van der Waals surface area contributed by atoms with E-state index in [9.17, 15) is 17.2 Å². The van der Waals surface area contributed by atoms with Crippen molar-refractivity contribution in [3.05, 3.63) is 59.7 Å². The summed E-state index contributed by atoms with van der Waals surface area (Å²) in [7, 11) is -4.11. The molecule has 0 atom stereocenters. The largest absolute Gasteiger partial charge is 0.279 e. The molecule has 6 heteroatoms. The fourth-order valence-corrected chi connectivity index (χ4v) is 3.13. The van der Waals surface area contributed by atoms with Gasteiger partial charge in [-0.1, -0.05) is 32.0 Å². The second-order valence-electron chi connectivity index (χ2n) is 4.92. The maximum atomic E-state index is 13.6. The highest BCUT2D eigenvalue weighted by atomic mass is 32.2. The number of para-hydroxylation sites is 1. The zero-order valence-electron chi connectivity index (χ0n) is 11.6. The summed E-state index contributed by atoms with van der Waals surface area (Å²) in [6.07, 6.45) is 0. The standard InChI is InChI=1S/C15H15F2NO2S/c1-10(2)12-5-3-4-6-14(12)18-21(19,20)15-8-7-11(16)9-13(15)17/h3-10,18H,1-2H3. The van der Waals surface area contributed by atoms with Crippen LogP contribution in [0.4, 0.5) is 14.5 Å². The van der Waals surface area contributed by atoms with Gasteiger partial charge in [-0.2, -0.15) is 0 Å². The van der Waals surface area contributed by atoms with Crippen LogP contribution in [0.3, 0.4) is 0 Å². The third kappa shape index (κ3) is 3.39. The molecule has 0 saturated heterocycles. The molecule has 2 rings (SSSR count). The zero-order valence-corrected chi connectivity index (χ0v) is 12.4. The molecular weight excluding hydrogens is 296 g/mol. The molecule has 21 heavy (non-hydrogen) atoms. The lowest BCUT2D eigenvalue weighted by atomic mass is 10.0. The topological polar surface area (TPSA) is 46.2 Å². The summed E-state index contributed by atoms with van der Waals surface area (Å²) in [5.74, 6) is -1.85. The van der Waals surface area contributed by atoms with Crippen LogP contribution in [0.15, 0.2) is 47.4 Å². The Labute approximate surface area is 122 Å². The number of hydrogen-bond donors (Lipinski definition) is 1. The number of hydrogen-bond acceptors (Lipinski definition) is 2. The van der Waals surface area contributed by atoms with Gasteiger partial charge in [-0.05, 0) is 29.7 Å². The number of anilines is 1. The summed E-state index contributed by atoms with van der Waals surface area (Å²) in [5, 5.41) is 0. The second kappa shape index (κ2) is 5.81. The zero-order chi connectivity index (χ0) is 15.6. The maximum absolute atomic E-state index is 13.6. The molecule has 0 aliphatic carbocycles. The summed E-state index contributed by atoms with van der Waals surface area (Å²) < 4.78 is 53.4. The van der Waals surface area contributed by atoms with Crippen molar-refractivity contribution in [1.29, 1.82) is 0 Å². The van der Waals surface area contributed by atoms with Crippen LogP contribution in [0.25, 0.3) is 0 Å². The van der Waals surface area contributed by atoms with Gasteiger partial charge in [0.15, 0.2) is 0 Å². The lowest BCUT2D eigenvalue weighted by Crippen LogP contribution is -2.16. The molecule has 2 aromatic rings. The molecule has 0 fully saturated rings. The molecule has 1 N–H and O–H groups in total. The second-order valence-corrected chi connectivity index (χ2v) is 6.57. The van der Waals surface area contributed by atoms with Crippen molar-refractivity contribution in [2.24, 2.45) is 0 Å². The van der Waals surface area contributed by atoms with Crippen molar-refractivity contribution in [1.82, 2.24) is 0 Å². The molecular formula is C15H15F2NO2S. The van der Waals surface area contributed by atoms with Gasteiger partial charge in [0.25, 0.3) is 10.0 Å². The van der Waals surface area contributed by atoms with Crippen molar-refractivity contribution in [3.8, 4) is 0 Å². The average molecular weight is 311 g/mol. The van der Waals surface area contributed by atoms with Crippen molar-refractivity contribution in [3.63, 3.8) is 0 Å². The van der Waals surface area contributed by atoms with Gasteiger partial charge >= 0.3 is 0 Å². The van der Waals surface area contributed by atoms with Gasteiger partial charge in [0, 0.05) is 6.07 Å². The highest BCUT2D eigenvalue weighted by molar-refractivity contribution is 7.92. The van der Waals surface area contributed by atoms with Gasteiger partial charge in [0.05, 0.1) is 5.69 Å². The molecule has 0 amide bonds. The number of sulfonamides is 1. The normalized spacial score (nSPS) is 11.7. The summed E-state index contributed by atoms with van der Waals surface area (Å²) >= 11 is 0. The lowest BCUT2D eigenvalue weighted by Gasteiger charge is -2.15. The van der Waals surface area contributed by atoms with Crippen LogP contribution >= 0.6 is 0 Å². The minimum Gasteiger partial charge on any atom is -0.279 e. The molecule has 0 heterocycles. The third-order valence-corrected chi connectivity index (χ3v) is 4.41. The Morgan fingerprint density at radius 2 is 1.71 bits per heavy atom. The molecule has 0 aliphatic rings. The molecule has 0 unspecified atom stereocenters. The highest BCUT2D eigenvalue weighted by Gasteiger charge is 2.21. The fraction of sp³-hybridized carbons (Fsp3) is 0.200. The molecule has 0 bridgehead atoms. The Balaban J connectivity index is 2.43. The van der Waals surface area contributed by atoms with E-state index in [0.717, 1.165) is 17.7 Å². The van der Waals surface area contributed by atoms with Crippen LogP contribution in [0.1, 0.15) is 25.3 Å². The minimum atomic E-state index is -4.11. The first-order valence-corrected chi connectivity index (χ1v) is 7.86. The SMILES string of the molecule is CC(C)c1ccccc1NS(=O)(=O)c1ccc(F)cc1F. The summed E-state index contributed by atoms with van der Waals surface area (Å²) in [5.41, 5.74) is 1.18. The van der Waals surface area contributed by atoms with Crippen molar-refractivity contribution >= 4 is 15.7 Å². The van der Waals surface area contributed by atoms with Crippen molar-refractivity contribution < 1.29 is 17.2 Å². The van der Waals surface area contributed by atoms with Gasteiger partial charge < -0.3 is 0 Å². The van der Waals surface area contributed by atoms with Gasteiger partial charge in [-0.3, -0.25) is 4.72 Å². The third-order valence-electron chi connectivity index (χ3n) is 3.01. The van der Waals surface area contributed by atoms with E-state index in [1.54, 1.807) is 24.3 Å². The predicted molar refractivity (Wildman–Crippen MR) is 77.7 cm³/mol. The Morgan fingerprint density at radius 3 is 2.33 bits per heavy atom. The Kier molecular flexibility index (Phi) is 4.27. The van der Waals surface area contributed by atoms with E-state index < -0.39 is 26.6 Å². The first kappa shape index (κ1) is 15.4. The van der Waals surface area contributed by atoms with Gasteiger partial charge in [-0.25, -0.2) is 17.2 Å². The molecule has 2 aromatic carbocycles. The summed E-state index contributed by atoms with van der Waals surface area (Å²) in [6, 6.07) is 9.24. The number of benzene rings is 2. The minimum absolute atomic E-state index is 0.0990. The Hall–Kier alpha value is -1.95. The van der Waals surface area contributed by atoms with E-state index in [1.165, 1.54) is 0 Å². The molecule has 0 radical (unpaired) electrons. The molecule has 0 spiro atoms. The van der Waals surface area contributed by atoms with Gasteiger partial charge in [-0.15, -0.1) is 0 Å². The molecule has 0 aliphatic heterocycles. The number of nitrogens with one attached hydrogen (secondary N) is 1. The summed E-state index contributed by atoms with van der Waals surface area (Å²) in [6.45, 7) is 3.84. The van der Waals surface area contributed by atoms with Crippen LogP contribution in [0.2, 0.25) is 0 Å². The number of rotatable bonds is 4. The molecule has 3 nitrogen and oxygen atoms in total. The smallest absolute Gasteiger partial charge is 0.264 e. The van der Waals surface area contributed by atoms with E-state index in [0.29, 0.717) is 11.8 Å². The van der Waals surface area contributed by atoms with Crippen LogP contribution in [-0.4, -0.2) is 8.42 Å². The molecule has 0 aromatic heterocycles. The molecule has 0 saturated carbocycles. The molecule has 112 valence electrons. The van der Waals surface area contributed by atoms with Crippen molar-refractivity contribution in [2.45, 2.75) is 24.7 Å². The average Bonchev–Trinajstić information content (AvgIpc) is 2.37. The highest BCUT2D eigenvalue weighted by Crippen LogP contribution is 2.27. The van der Waals surface area contributed by atoms with E-state index in [4.69, 9.17) is 0 Å². The Morgan fingerprint density at radius 1 is 1.05 bits per heavy atom. The Bertz CT molecular complexity index is 758. The lowest BCUT2D eigenvalue weighted by molar-refractivity contribution is 0.551. The van der Waals surface area contributed by atoms with E-state index in [1.807, 2.05) is 13.8 Å². The predicted octanol–water partition coefficient (Wildman–Crippen LogP) is 3.89. The maximum Gasteiger partial charge on any atom is 0.264 e. The van der Waals surface area contributed by atoms with Crippen LogP contribution < -0.4 is 4.72 Å². The van der Waals surface area contributed by atoms with E-state index in [2.05, 4.69) is 4.72 Å².